The van der Waals surface area contributed by atoms with Gasteiger partial charge in [0.1, 0.15) is 11.3 Å². The molecule has 1 saturated heterocycles. The van der Waals surface area contributed by atoms with E-state index in [2.05, 4.69) is 12.1 Å². The first kappa shape index (κ1) is 21.1. The van der Waals surface area contributed by atoms with Gasteiger partial charge in [0.05, 0.1) is 6.67 Å². The van der Waals surface area contributed by atoms with Crippen LogP contribution in [0.2, 0.25) is 0 Å². The number of rotatable bonds is 6. The second-order valence-electron chi connectivity index (χ2n) is 7.45. The number of aryl methyl sites for hydroxylation is 1. The molecule has 0 bridgehead atoms. The minimum absolute atomic E-state index is 0.208. The SMILES string of the molecule is NC(=O)c1ccc(C(F)(F)F)n(CN2CCC(CCc3ccccc3)CC2)c1=O. The summed E-state index contributed by atoms with van der Waals surface area (Å²) in [5.41, 5.74) is 3.90. The molecular weight excluding hydrogens is 383 g/mol. The third-order valence-corrected chi connectivity index (χ3v) is 5.46. The fraction of sp³-hybridized carbons (Fsp3) is 0.429. The number of nitrogens with zero attached hydrogens (tertiary/aromatic N) is 2. The van der Waals surface area contributed by atoms with Crippen LogP contribution in [0.5, 0.6) is 0 Å². The van der Waals surface area contributed by atoms with Crippen molar-refractivity contribution < 1.29 is 18.0 Å². The average molecular weight is 407 g/mol. The van der Waals surface area contributed by atoms with Crippen molar-refractivity contribution in [3.63, 3.8) is 0 Å². The molecule has 0 atom stereocenters. The summed E-state index contributed by atoms with van der Waals surface area (Å²) in [6.07, 6.45) is -0.965. The van der Waals surface area contributed by atoms with Crippen LogP contribution in [0, 0.1) is 5.92 Å². The zero-order valence-electron chi connectivity index (χ0n) is 16.0. The molecule has 1 aliphatic heterocycles. The maximum absolute atomic E-state index is 13.3. The van der Waals surface area contributed by atoms with Crippen molar-refractivity contribution >= 4 is 5.91 Å². The van der Waals surface area contributed by atoms with Crippen LogP contribution < -0.4 is 11.3 Å². The molecule has 3 rings (SSSR count). The molecule has 2 heterocycles. The van der Waals surface area contributed by atoms with E-state index in [-0.39, 0.29) is 6.67 Å². The number of halogens is 3. The van der Waals surface area contributed by atoms with Gasteiger partial charge < -0.3 is 5.73 Å². The van der Waals surface area contributed by atoms with E-state index >= 15 is 0 Å². The molecule has 156 valence electrons. The zero-order valence-corrected chi connectivity index (χ0v) is 16.0. The largest absolute Gasteiger partial charge is 0.431 e. The molecule has 8 heteroatoms. The van der Waals surface area contributed by atoms with E-state index in [1.807, 2.05) is 23.1 Å². The van der Waals surface area contributed by atoms with E-state index in [0.717, 1.165) is 37.8 Å². The Bertz CT molecular complexity index is 902. The molecule has 0 radical (unpaired) electrons. The van der Waals surface area contributed by atoms with Crippen LogP contribution in [-0.4, -0.2) is 28.5 Å². The number of piperidine rings is 1. The highest BCUT2D eigenvalue weighted by Gasteiger charge is 2.35. The van der Waals surface area contributed by atoms with Crippen LogP contribution in [0.1, 0.15) is 40.9 Å². The third kappa shape index (κ3) is 5.26. The summed E-state index contributed by atoms with van der Waals surface area (Å²) in [6, 6.07) is 11.8. The van der Waals surface area contributed by atoms with Crippen molar-refractivity contribution in [3.05, 3.63) is 69.6 Å². The van der Waals surface area contributed by atoms with E-state index in [1.165, 1.54) is 5.56 Å². The van der Waals surface area contributed by atoms with Gasteiger partial charge in [-0.1, -0.05) is 30.3 Å². The van der Waals surface area contributed by atoms with Gasteiger partial charge in [-0.2, -0.15) is 13.2 Å². The minimum atomic E-state index is -4.69. The smallest absolute Gasteiger partial charge is 0.365 e. The first-order valence-corrected chi connectivity index (χ1v) is 9.63. The molecule has 0 aliphatic carbocycles. The van der Waals surface area contributed by atoms with Crippen LogP contribution >= 0.6 is 0 Å². The van der Waals surface area contributed by atoms with Crippen LogP contribution in [0.4, 0.5) is 13.2 Å². The minimum Gasteiger partial charge on any atom is -0.365 e. The summed E-state index contributed by atoms with van der Waals surface area (Å²) in [4.78, 5) is 25.6. The maximum Gasteiger partial charge on any atom is 0.431 e. The molecule has 1 aromatic heterocycles. The van der Waals surface area contributed by atoms with Gasteiger partial charge in [0, 0.05) is 13.1 Å². The summed E-state index contributed by atoms with van der Waals surface area (Å²) < 4.78 is 40.6. The van der Waals surface area contributed by atoms with Crippen molar-refractivity contribution in [1.82, 2.24) is 9.47 Å². The molecular formula is C21H24F3N3O2. The highest BCUT2D eigenvalue weighted by atomic mass is 19.4. The lowest BCUT2D eigenvalue weighted by Gasteiger charge is -2.33. The molecule has 1 amide bonds. The second-order valence-corrected chi connectivity index (χ2v) is 7.45. The predicted molar refractivity (Wildman–Crippen MR) is 103 cm³/mol. The number of nitrogens with two attached hydrogens (primary N) is 1. The van der Waals surface area contributed by atoms with Crippen LogP contribution in [-0.2, 0) is 19.3 Å². The Kier molecular flexibility index (Phi) is 6.42. The zero-order chi connectivity index (χ0) is 21.0. The van der Waals surface area contributed by atoms with Crippen LogP contribution in [0.25, 0.3) is 0 Å². The summed E-state index contributed by atoms with van der Waals surface area (Å²) in [6.45, 7) is 0.994. The number of hydrogen-bond acceptors (Lipinski definition) is 3. The first-order valence-electron chi connectivity index (χ1n) is 9.63. The van der Waals surface area contributed by atoms with Crippen molar-refractivity contribution in [2.24, 2.45) is 11.7 Å². The molecule has 1 aliphatic rings. The van der Waals surface area contributed by atoms with Gasteiger partial charge in [0.15, 0.2) is 0 Å². The van der Waals surface area contributed by atoms with Crippen molar-refractivity contribution in [2.75, 3.05) is 13.1 Å². The van der Waals surface area contributed by atoms with E-state index in [4.69, 9.17) is 5.73 Å². The number of carbonyl (C=O) groups is 1. The number of alkyl halides is 3. The number of hydrogen-bond donors (Lipinski definition) is 1. The molecule has 1 aromatic carbocycles. The van der Waals surface area contributed by atoms with Gasteiger partial charge in [-0.15, -0.1) is 0 Å². The molecule has 1 fully saturated rings. The van der Waals surface area contributed by atoms with Gasteiger partial charge >= 0.3 is 6.18 Å². The number of benzene rings is 1. The highest BCUT2D eigenvalue weighted by Crippen LogP contribution is 2.29. The summed E-state index contributed by atoms with van der Waals surface area (Å²) in [5, 5.41) is 0. The van der Waals surface area contributed by atoms with E-state index in [9.17, 15) is 22.8 Å². The molecule has 2 aromatic rings. The van der Waals surface area contributed by atoms with E-state index in [0.29, 0.717) is 23.6 Å². The predicted octanol–water partition coefficient (Wildman–Crippen LogP) is 3.27. The Morgan fingerprint density at radius 1 is 1.07 bits per heavy atom. The van der Waals surface area contributed by atoms with E-state index in [1.54, 1.807) is 0 Å². The van der Waals surface area contributed by atoms with Gasteiger partial charge in [-0.05, 0) is 49.3 Å². The lowest BCUT2D eigenvalue weighted by Crippen LogP contribution is -2.42. The molecule has 0 spiro atoms. The molecule has 2 N–H and O–H groups in total. The molecule has 29 heavy (non-hydrogen) atoms. The fourth-order valence-electron chi connectivity index (χ4n) is 3.79. The Labute approximate surface area is 166 Å². The first-order chi connectivity index (χ1) is 13.8. The Morgan fingerprint density at radius 2 is 1.72 bits per heavy atom. The average Bonchev–Trinajstić information content (AvgIpc) is 2.68. The third-order valence-electron chi connectivity index (χ3n) is 5.46. The molecule has 0 saturated carbocycles. The highest BCUT2D eigenvalue weighted by molar-refractivity contribution is 5.92. The van der Waals surface area contributed by atoms with E-state index < -0.39 is 28.9 Å². The number of pyridine rings is 1. The normalized spacial score (nSPS) is 16.1. The quantitative estimate of drug-likeness (QED) is 0.799. The summed E-state index contributed by atoms with van der Waals surface area (Å²) in [5.74, 6) is -0.528. The van der Waals surface area contributed by atoms with Crippen LogP contribution in [0.3, 0.4) is 0 Å². The summed E-state index contributed by atoms with van der Waals surface area (Å²) in [7, 11) is 0. The molecule has 5 nitrogen and oxygen atoms in total. The summed E-state index contributed by atoms with van der Waals surface area (Å²) >= 11 is 0. The lowest BCUT2D eigenvalue weighted by atomic mass is 9.91. The molecule has 0 unspecified atom stereocenters. The van der Waals surface area contributed by atoms with Gasteiger partial charge in [0.25, 0.3) is 11.5 Å². The fourth-order valence-corrected chi connectivity index (χ4v) is 3.79. The second kappa shape index (κ2) is 8.82. The number of aromatic nitrogens is 1. The van der Waals surface area contributed by atoms with Gasteiger partial charge in [0.2, 0.25) is 0 Å². The number of carbonyl (C=O) groups excluding carboxylic acids is 1. The van der Waals surface area contributed by atoms with Crippen molar-refractivity contribution in [3.8, 4) is 0 Å². The van der Waals surface area contributed by atoms with Gasteiger partial charge in [-0.3, -0.25) is 19.1 Å². The number of amides is 1. The standard InChI is InChI=1S/C21H24F3N3O2/c22-21(23,24)18-9-8-17(19(25)28)20(29)27(18)14-26-12-10-16(11-13-26)7-6-15-4-2-1-3-5-15/h1-5,8-9,16H,6-7,10-14H2,(H2,25,28). The monoisotopic (exact) mass is 407 g/mol. The van der Waals surface area contributed by atoms with Crippen LogP contribution in [0.15, 0.2) is 47.3 Å². The number of primary amides is 1. The van der Waals surface area contributed by atoms with Crippen molar-refractivity contribution in [2.45, 2.75) is 38.5 Å². The lowest BCUT2D eigenvalue weighted by molar-refractivity contribution is -0.145. The van der Waals surface area contributed by atoms with Gasteiger partial charge in [-0.25, -0.2) is 0 Å². The topological polar surface area (TPSA) is 68.3 Å². The van der Waals surface area contributed by atoms with Crippen molar-refractivity contribution in [1.29, 1.82) is 0 Å². The number of likely N-dealkylation sites (tertiary alicyclic amines) is 1. The maximum atomic E-state index is 13.3. The Morgan fingerprint density at radius 3 is 2.31 bits per heavy atom. The Hall–Kier alpha value is -2.61. The Balaban J connectivity index is 1.66.